The van der Waals surface area contributed by atoms with Gasteiger partial charge in [-0.05, 0) is 86.4 Å². The van der Waals surface area contributed by atoms with E-state index in [0.717, 1.165) is 29.6 Å². The van der Waals surface area contributed by atoms with Crippen LogP contribution in [-0.2, 0) is 4.74 Å². The molecular weight excluding hydrogens is 268 g/mol. The molecule has 1 nitrogen and oxygen atoms in total. The topological polar surface area (TPSA) is 9.23 Å². The van der Waals surface area contributed by atoms with E-state index in [-0.39, 0.29) is 0 Å². The minimum atomic E-state index is 0.489. The van der Waals surface area contributed by atoms with Gasteiger partial charge in [-0.3, -0.25) is 0 Å². The Hall–Kier alpha value is -0.300. The highest BCUT2D eigenvalue weighted by Crippen LogP contribution is 2.62. The highest BCUT2D eigenvalue weighted by molar-refractivity contribution is 5.24. The first-order chi connectivity index (χ1) is 10.7. The molecule has 0 amide bonds. The number of methoxy groups -OCH3 is 1. The summed E-state index contributed by atoms with van der Waals surface area (Å²) in [7, 11) is 1.90. The van der Waals surface area contributed by atoms with Crippen LogP contribution in [0.25, 0.3) is 0 Å². The molecule has 0 aromatic carbocycles. The lowest BCUT2D eigenvalue weighted by molar-refractivity contribution is -0.0197. The van der Waals surface area contributed by atoms with Crippen molar-refractivity contribution in [2.24, 2.45) is 35.0 Å². The molecular formula is C21H34O. The summed E-state index contributed by atoms with van der Waals surface area (Å²) in [5.74, 6) is 5.15. The smallest absolute Gasteiger partial charge is 0.0608 e. The predicted octanol–water partition coefficient (Wildman–Crippen LogP) is 5.60. The van der Waals surface area contributed by atoms with Crippen molar-refractivity contribution in [2.45, 2.75) is 77.7 Å². The summed E-state index contributed by atoms with van der Waals surface area (Å²) < 4.78 is 5.68. The summed E-state index contributed by atoms with van der Waals surface area (Å²) in [6.07, 6.45) is 15.9. The van der Waals surface area contributed by atoms with Gasteiger partial charge in [0, 0.05) is 7.11 Å². The first kappa shape index (κ1) is 15.2. The van der Waals surface area contributed by atoms with Crippen LogP contribution in [0.2, 0.25) is 0 Å². The van der Waals surface area contributed by atoms with E-state index in [2.05, 4.69) is 19.9 Å². The van der Waals surface area contributed by atoms with Gasteiger partial charge in [-0.2, -0.15) is 0 Å². The average Bonchev–Trinajstić information content (AvgIpc) is 2.97. The van der Waals surface area contributed by atoms with E-state index in [9.17, 15) is 0 Å². The number of hydrogen-bond donors (Lipinski definition) is 0. The van der Waals surface area contributed by atoms with Gasteiger partial charge in [-0.1, -0.05) is 31.9 Å². The molecule has 7 unspecified atom stereocenters. The van der Waals surface area contributed by atoms with E-state index in [0.29, 0.717) is 11.5 Å². The van der Waals surface area contributed by atoms with Crippen LogP contribution in [0.5, 0.6) is 0 Å². The van der Waals surface area contributed by atoms with Crippen molar-refractivity contribution >= 4 is 0 Å². The van der Waals surface area contributed by atoms with Crippen LogP contribution in [-0.4, -0.2) is 13.2 Å². The van der Waals surface area contributed by atoms with E-state index in [4.69, 9.17) is 4.74 Å². The van der Waals surface area contributed by atoms with Crippen LogP contribution < -0.4 is 0 Å². The summed E-state index contributed by atoms with van der Waals surface area (Å²) >= 11 is 0. The van der Waals surface area contributed by atoms with Gasteiger partial charge in [0.05, 0.1) is 6.10 Å². The minimum Gasteiger partial charge on any atom is -0.381 e. The van der Waals surface area contributed by atoms with Crippen LogP contribution >= 0.6 is 0 Å². The summed E-state index contributed by atoms with van der Waals surface area (Å²) in [6, 6.07) is 0. The molecule has 0 aromatic heterocycles. The van der Waals surface area contributed by atoms with Crippen LogP contribution in [0.15, 0.2) is 11.6 Å². The second-order valence-electron chi connectivity index (χ2n) is 8.90. The quantitative estimate of drug-likeness (QED) is 0.603. The minimum absolute atomic E-state index is 0.489. The first-order valence-corrected chi connectivity index (χ1v) is 9.89. The van der Waals surface area contributed by atoms with E-state index >= 15 is 0 Å². The van der Waals surface area contributed by atoms with Crippen molar-refractivity contribution in [2.75, 3.05) is 7.11 Å². The molecule has 0 spiro atoms. The van der Waals surface area contributed by atoms with Crippen molar-refractivity contribution in [3.05, 3.63) is 11.6 Å². The second-order valence-corrected chi connectivity index (χ2v) is 8.90. The van der Waals surface area contributed by atoms with Gasteiger partial charge in [0.15, 0.2) is 0 Å². The lowest BCUT2D eigenvalue weighted by Crippen LogP contribution is -2.47. The zero-order chi connectivity index (χ0) is 15.3. The molecule has 0 N–H and O–H groups in total. The largest absolute Gasteiger partial charge is 0.381 e. The number of fused-ring (bicyclic) bond motifs is 5. The Morgan fingerprint density at radius 1 is 1.09 bits per heavy atom. The molecule has 7 atom stereocenters. The summed E-state index contributed by atoms with van der Waals surface area (Å²) in [6.45, 7) is 5.03. The van der Waals surface area contributed by atoms with E-state index < -0.39 is 0 Å². The number of ether oxygens (including phenoxy) is 1. The van der Waals surface area contributed by atoms with Gasteiger partial charge < -0.3 is 4.74 Å². The summed E-state index contributed by atoms with van der Waals surface area (Å²) in [4.78, 5) is 0. The third kappa shape index (κ3) is 2.14. The molecule has 124 valence electrons. The Bertz CT molecular complexity index is 453. The fourth-order valence-corrected chi connectivity index (χ4v) is 7.11. The molecule has 0 saturated heterocycles. The third-order valence-corrected chi connectivity index (χ3v) is 8.38. The molecule has 3 fully saturated rings. The van der Waals surface area contributed by atoms with Gasteiger partial charge >= 0.3 is 0 Å². The van der Waals surface area contributed by atoms with Gasteiger partial charge in [0.1, 0.15) is 0 Å². The van der Waals surface area contributed by atoms with Crippen LogP contribution in [0.3, 0.4) is 0 Å². The number of hydrogen-bond acceptors (Lipinski definition) is 1. The van der Waals surface area contributed by atoms with Gasteiger partial charge in [0.25, 0.3) is 0 Å². The van der Waals surface area contributed by atoms with E-state index in [1.165, 1.54) is 57.8 Å². The van der Waals surface area contributed by atoms with Crippen molar-refractivity contribution in [3.8, 4) is 0 Å². The fourth-order valence-electron chi connectivity index (χ4n) is 7.11. The third-order valence-electron chi connectivity index (χ3n) is 8.38. The molecule has 4 aliphatic rings. The van der Waals surface area contributed by atoms with Crippen molar-refractivity contribution in [3.63, 3.8) is 0 Å². The lowest BCUT2D eigenvalue weighted by Gasteiger charge is -2.55. The van der Waals surface area contributed by atoms with E-state index in [1.54, 1.807) is 5.57 Å². The van der Waals surface area contributed by atoms with E-state index in [1.807, 2.05) is 7.11 Å². The Labute approximate surface area is 136 Å². The SMILES string of the molecule is CCC1CCC2C1CCC1C2CC=C2CC(OC)CCC21C. The van der Waals surface area contributed by atoms with Crippen LogP contribution in [0, 0.1) is 35.0 Å². The summed E-state index contributed by atoms with van der Waals surface area (Å²) in [5, 5.41) is 0. The molecule has 4 aliphatic carbocycles. The fraction of sp³-hybridized carbons (Fsp3) is 0.905. The molecule has 3 saturated carbocycles. The molecule has 0 heterocycles. The second kappa shape index (κ2) is 5.65. The maximum Gasteiger partial charge on any atom is 0.0608 e. The Morgan fingerprint density at radius 3 is 2.68 bits per heavy atom. The van der Waals surface area contributed by atoms with Gasteiger partial charge in [-0.25, -0.2) is 0 Å². The maximum atomic E-state index is 5.68. The van der Waals surface area contributed by atoms with Crippen LogP contribution in [0.1, 0.15) is 71.6 Å². The number of rotatable bonds is 2. The first-order valence-electron chi connectivity index (χ1n) is 9.89. The molecule has 22 heavy (non-hydrogen) atoms. The zero-order valence-corrected chi connectivity index (χ0v) is 14.8. The molecule has 0 bridgehead atoms. The highest BCUT2D eigenvalue weighted by atomic mass is 16.5. The predicted molar refractivity (Wildman–Crippen MR) is 91.7 cm³/mol. The van der Waals surface area contributed by atoms with Crippen molar-refractivity contribution < 1.29 is 4.74 Å². The molecule has 0 radical (unpaired) electrons. The molecule has 0 aromatic rings. The molecule has 4 rings (SSSR count). The molecule has 1 heteroatoms. The summed E-state index contributed by atoms with van der Waals surface area (Å²) in [5.41, 5.74) is 2.27. The number of allylic oxidation sites excluding steroid dienone is 1. The van der Waals surface area contributed by atoms with Gasteiger partial charge in [-0.15, -0.1) is 0 Å². The van der Waals surface area contributed by atoms with Gasteiger partial charge in [0.2, 0.25) is 0 Å². The Balaban J connectivity index is 1.59. The van der Waals surface area contributed by atoms with Crippen LogP contribution in [0.4, 0.5) is 0 Å². The Kier molecular flexibility index (Phi) is 3.92. The molecule has 0 aliphatic heterocycles. The highest BCUT2D eigenvalue weighted by Gasteiger charge is 2.53. The standard InChI is InChI=1S/C21H34O/c1-4-14-5-7-18-17(14)9-10-20-19(18)8-6-15-13-16(22-3)11-12-21(15,20)2/h6,14,16-20H,4-5,7-13H2,1-3H3. The lowest BCUT2D eigenvalue weighted by atomic mass is 9.50. The Morgan fingerprint density at radius 2 is 1.91 bits per heavy atom. The average molecular weight is 303 g/mol. The van der Waals surface area contributed by atoms with Crippen molar-refractivity contribution in [1.82, 2.24) is 0 Å². The monoisotopic (exact) mass is 302 g/mol. The van der Waals surface area contributed by atoms with Crippen molar-refractivity contribution in [1.29, 1.82) is 0 Å². The maximum absolute atomic E-state index is 5.68. The normalized spacial score (nSPS) is 50.8. The zero-order valence-electron chi connectivity index (χ0n) is 14.8.